The molecule has 0 radical (unpaired) electrons. The van der Waals surface area contributed by atoms with E-state index in [4.69, 9.17) is 0 Å². The van der Waals surface area contributed by atoms with Crippen LogP contribution < -0.4 is 10.6 Å². The molecule has 0 aliphatic carbocycles. The van der Waals surface area contributed by atoms with Crippen LogP contribution in [0.5, 0.6) is 0 Å². The first kappa shape index (κ1) is 17.2. The van der Waals surface area contributed by atoms with Gasteiger partial charge in [-0.2, -0.15) is 13.2 Å². The molecule has 0 aromatic heterocycles. The van der Waals surface area contributed by atoms with E-state index in [-0.39, 0.29) is 37.6 Å². The maximum absolute atomic E-state index is 12.4. The summed E-state index contributed by atoms with van der Waals surface area (Å²) in [4.78, 5) is 11.7. The van der Waals surface area contributed by atoms with Gasteiger partial charge in [0.05, 0.1) is 17.7 Å². The van der Waals surface area contributed by atoms with Gasteiger partial charge in [0, 0.05) is 19.3 Å². The molecule has 5 nitrogen and oxygen atoms in total. The van der Waals surface area contributed by atoms with E-state index >= 15 is 0 Å². The number of piperidine rings is 1. The smallest absolute Gasteiger partial charge is 0.355 e. The third-order valence-electron chi connectivity index (χ3n) is 3.18. The number of rotatable bonds is 5. The number of alkyl halides is 3. The number of halogens is 3. The lowest BCUT2D eigenvalue weighted by Gasteiger charge is -2.30. The fourth-order valence-electron chi connectivity index (χ4n) is 2.03. The molecule has 0 aromatic rings. The van der Waals surface area contributed by atoms with Gasteiger partial charge in [-0.05, 0) is 19.3 Å². The molecule has 1 rings (SSSR count). The number of carbonyl (C=O) groups is 1. The molecule has 9 heteroatoms. The molecule has 0 bridgehead atoms. The third kappa shape index (κ3) is 6.08. The molecule has 1 heterocycles. The highest BCUT2D eigenvalue weighted by Crippen LogP contribution is 2.31. The maximum atomic E-state index is 12.4. The lowest BCUT2D eigenvalue weighted by molar-refractivity contribution is -0.180. The normalized spacial score (nSPS) is 24.4. The Hall–Kier alpha value is -0.830. The van der Waals surface area contributed by atoms with Crippen molar-refractivity contribution in [2.75, 3.05) is 25.1 Å². The first-order chi connectivity index (χ1) is 9.09. The lowest BCUT2D eigenvalue weighted by Crippen LogP contribution is -2.51. The fourth-order valence-corrected chi connectivity index (χ4v) is 2.70. The zero-order valence-corrected chi connectivity index (χ0v) is 12.0. The molecule has 2 unspecified atom stereocenters. The monoisotopic (exact) mass is 316 g/mol. The van der Waals surface area contributed by atoms with E-state index in [0.717, 1.165) is 6.26 Å². The molecule has 0 saturated carbocycles. The van der Waals surface area contributed by atoms with E-state index in [9.17, 15) is 26.4 Å². The van der Waals surface area contributed by atoms with Crippen molar-refractivity contribution in [3.05, 3.63) is 0 Å². The quantitative estimate of drug-likeness (QED) is 0.723. The molecule has 1 fully saturated rings. The molecule has 1 aliphatic heterocycles. The largest absolute Gasteiger partial charge is 0.393 e. The number of hydrogen-bond acceptors (Lipinski definition) is 4. The van der Waals surface area contributed by atoms with Crippen LogP contribution in [0.2, 0.25) is 0 Å². The summed E-state index contributed by atoms with van der Waals surface area (Å²) in [5.74, 6) is -1.81. The minimum atomic E-state index is -4.23. The van der Waals surface area contributed by atoms with Crippen molar-refractivity contribution < 1.29 is 26.4 Å². The zero-order valence-electron chi connectivity index (χ0n) is 11.2. The summed E-state index contributed by atoms with van der Waals surface area (Å²) >= 11 is 0. The van der Waals surface area contributed by atoms with Crippen molar-refractivity contribution in [1.82, 2.24) is 10.6 Å². The van der Waals surface area contributed by atoms with Crippen molar-refractivity contribution in [3.63, 3.8) is 0 Å². The van der Waals surface area contributed by atoms with Crippen LogP contribution in [0.15, 0.2) is 0 Å². The van der Waals surface area contributed by atoms with Gasteiger partial charge in [-0.15, -0.1) is 0 Å². The topological polar surface area (TPSA) is 75.3 Å². The number of sulfone groups is 1. The van der Waals surface area contributed by atoms with E-state index in [1.807, 2.05) is 0 Å². The Labute approximate surface area is 116 Å². The van der Waals surface area contributed by atoms with Crippen molar-refractivity contribution in [1.29, 1.82) is 0 Å². The van der Waals surface area contributed by atoms with Crippen LogP contribution in [-0.2, 0) is 14.6 Å². The average Bonchev–Trinajstić information content (AvgIpc) is 2.32. The van der Waals surface area contributed by atoms with Crippen molar-refractivity contribution in [2.45, 2.75) is 31.5 Å². The molecule has 0 spiro atoms. The van der Waals surface area contributed by atoms with Crippen LogP contribution in [0.25, 0.3) is 0 Å². The second-order valence-electron chi connectivity index (χ2n) is 5.05. The van der Waals surface area contributed by atoms with Crippen LogP contribution >= 0.6 is 0 Å². The molecule has 118 valence electrons. The summed E-state index contributed by atoms with van der Waals surface area (Å²) in [7, 11) is -3.06. The van der Waals surface area contributed by atoms with Crippen LogP contribution in [0.3, 0.4) is 0 Å². The molecule has 1 amide bonds. The van der Waals surface area contributed by atoms with E-state index in [1.165, 1.54) is 0 Å². The molecular formula is C11H19F3N2O3S. The minimum absolute atomic E-state index is 0.0263. The average molecular weight is 316 g/mol. The molecule has 2 atom stereocenters. The second-order valence-corrected chi connectivity index (χ2v) is 7.31. The van der Waals surface area contributed by atoms with Crippen LogP contribution in [-0.4, -0.2) is 51.6 Å². The van der Waals surface area contributed by atoms with Gasteiger partial charge < -0.3 is 10.6 Å². The van der Waals surface area contributed by atoms with Gasteiger partial charge >= 0.3 is 6.18 Å². The SMILES string of the molecule is CS(=O)(=O)CCCNC(=O)C1CCC(C(F)(F)F)CN1. The number of amides is 1. The van der Waals surface area contributed by atoms with Gasteiger partial charge in [0.25, 0.3) is 0 Å². The number of nitrogens with one attached hydrogen (secondary N) is 2. The molecule has 2 N–H and O–H groups in total. The highest BCUT2D eigenvalue weighted by Gasteiger charge is 2.42. The molecule has 0 aromatic carbocycles. The predicted molar refractivity (Wildman–Crippen MR) is 67.9 cm³/mol. The summed E-state index contributed by atoms with van der Waals surface area (Å²) in [5.41, 5.74) is 0. The molecule has 1 aliphatic rings. The van der Waals surface area contributed by atoms with Crippen LogP contribution in [0, 0.1) is 5.92 Å². The highest BCUT2D eigenvalue weighted by molar-refractivity contribution is 7.90. The Kier molecular flexibility index (Phi) is 5.81. The zero-order chi connectivity index (χ0) is 15.4. The molecule has 20 heavy (non-hydrogen) atoms. The summed E-state index contributed by atoms with van der Waals surface area (Å²) in [6.45, 7) is -0.0578. The van der Waals surface area contributed by atoms with Gasteiger partial charge in [0.15, 0.2) is 0 Å². The molecular weight excluding hydrogens is 297 g/mol. The summed E-state index contributed by atoms with van der Waals surface area (Å²) in [6, 6.07) is -0.633. The fraction of sp³-hybridized carbons (Fsp3) is 0.909. The van der Waals surface area contributed by atoms with Crippen molar-refractivity contribution in [2.24, 2.45) is 5.92 Å². The second kappa shape index (κ2) is 6.75. The third-order valence-corrected chi connectivity index (χ3v) is 4.22. The minimum Gasteiger partial charge on any atom is -0.355 e. The van der Waals surface area contributed by atoms with Gasteiger partial charge in [-0.1, -0.05) is 0 Å². The Morgan fingerprint density at radius 2 is 2.00 bits per heavy atom. The van der Waals surface area contributed by atoms with E-state index in [0.29, 0.717) is 6.42 Å². The standard InChI is InChI=1S/C11H19F3N2O3S/c1-20(18,19)6-2-5-15-10(17)9-4-3-8(7-16-9)11(12,13)14/h8-9,16H,2-7H2,1H3,(H,15,17). The Bertz CT molecular complexity index is 429. The predicted octanol–water partition coefficient (Wildman–Crippen LogP) is 0.468. The Morgan fingerprint density at radius 3 is 2.45 bits per heavy atom. The Balaban J connectivity index is 2.26. The summed E-state index contributed by atoms with van der Waals surface area (Å²) in [6.07, 6.45) is -2.78. The van der Waals surface area contributed by atoms with Gasteiger partial charge in [0.1, 0.15) is 9.84 Å². The first-order valence-corrected chi connectivity index (χ1v) is 8.41. The van der Waals surface area contributed by atoms with E-state index in [1.54, 1.807) is 0 Å². The van der Waals surface area contributed by atoms with Gasteiger partial charge in [-0.3, -0.25) is 4.79 Å². The van der Waals surface area contributed by atoms with E-state index in [2.05, 4.69) is 10.6 Å². The van der Waals surface area contributed by atoms with E-state index < -0.39 is 28.0 Å². The lowest BCUT2D eigenvalue weighted by atomic mass is 9.94. The van der Waals surface area contributed by atoms with Gasteiger partial charge in [0.2, 0.25) is 5.91 Å². The molecule has 1 saturated heterocycles. The summed E-state index contributed by atoms with van der Waals surface area (Å²) in [5, 5.41) is 5.11. The summed E-state index contributed by atoms with van der Waals surface area (Å²) < 4.78 is 59.0. The highest BCUT2D eigenvalue weighted by atomic mass is 32.2. The maximum Gasteiger partial charge on any atom is 0.393 e. The van der Waals surface area contributed by atoms with Crippen LogP contribution in [0.4, 0.5) is 13.2 Å². The van der Waals surface area contributed by atoms with Gasteiger partial charge in [-0.25, -0.2) is 8.42 Å². The Morgan fingerprint density at radius 1 is 1.35 bits per heavy atom. The first-order valence-electron chi connectivity index (χ1n) is 6.35. The van der Waals surface area contributed by atoms with Crippen LogP contribution in [0.1, 0.15) is 19.3 Å². The number of hydrogen-bond donors (Lipinski definition) is 2. The number of carbonyl (C=O) groups excluding carboxylic acids is 1. The van der Waals surface area contributed by atoms with Crippen molar-refractivity contribution in [3.8, 4) is 0 Å². The van der Waals surface area contributed by atoms with Crippen molar-refractivity contribution >= 4 is 15.7 Å².